The van der Waals surface area contributed by atoms with Crippen LogP contribution in [-0.2, 0) is 0 Å². The predicted octanol–water partition coefficient (Wildman–Crippen LogP) is 5.19. The molecule has 2 aromatic rings. The van der Waals surface area contributed by atoms with E-state index in [-0.39, 0.29) is 22.6 Å². The molecule has 0 saturated heterocycles. The van der Waals surface area contributed by atoms with E-state index in [9.17, 15) is 8.78 Å². The summed E-state index contributed by atoms with van der Waals surface area (Å²) >= 11 is 9.12. The number of nitrogens with two attached hydrogens (primary N) is 1. The van der Waals surface area contributed by atoms with Crippen LogP contribution in [0.3, 0.4) is 0 Å². The van der Waals surface area contributed by atoms with Gasteiger partial charge in [-0.2, -0.15) is 4.39 Å². The highest BCUT2D eigenvalue weighted by Gasteiger charge is 2.14. The van der Waals surface area contributed by atoms with Gasteiger partial charge in [-0.15, -0.1) is 0 Å². The van der Waals surface area contributed by atoms with Gasteiger partial charge in [0.1, 0.15) is 5.75 Å². The highest BCUT2D eigenvalue weighted by molar-refractivity contribution is 9.10. The van der Waals surface area contributed by atoms with Crippen molar-refractivity contribution in [3.05, 3.63) is 57.0 Å². The first-order valence-electron chi connectivity index (χ1n) is 5.76. The van der Waals surface area contributed by atoms with Crippen molar-refractivity contribution in [3.8, 4) is 11.5 Å². The van der Waals surface area contributed by atoms with Crippen LogP contribution >= 0.6 is 27.5 Å². The van der Waals surface area contributed by atoms with E-state index in [0.29, 0.717) is 4.47 Å². The Hall–Kier alpha value is -1.17. The first-order chi connectivity index (χ1) is 9.38. The van der Waals surface area contributed by atoms with Crippen LogP contribution in [0.5, 0.6) is 11.5 Å². The third-order valence-corrected chi connectivity index (χ3v) is 3.41. The van der Waals surface area contributed by atoms with Crippen LogP contribution in [0.1, 0.15) is 18.5 Å². The monoisotopic (exact) mass is 361 g/mol. The Balaban J connectivity index is 2.35. The number of ether oxygens (including phenoxy) is 1. The Morgan fingerprint density at radius 1 is 1.20 bits per heavy atom. The van der Waals surface area contributed by atoms with Gasteiger partial charge >= 0.3 is 0 Å². The molecule has 0 amide bonds. The largest absolute Gasteiger partial charge is 0.453 e. The smallest absolute Gasteiger partial charge is 0.201 e. The van der Waals surface area contributed by atoms with Crippen LogP contribution in [0.25, 0.3) is 0 Å². The molecule has 2 N–H and O–H groups in total. The average molecular weight is 363 g/mol. The van der Waals surface area contributed by atoms with Gasteiger partial charge < -0.3 is 10.5 Å². The molecule has 0 aromatic heterocycles. The fraction of sp³-hybridized carbons (Fsp3) is 0.143. The van der Waals surface area contributed by atoms with Gasteiger partial charge in [-0.25, -0.2) is 4.39 Å². The number of benzene rings is 2. The lowest BCUT2D eigenvalue weighted by atomic mass is 10.1. The third kappa shape index (κ3) is 3.29. The number of halogens is 4. The molecule has 106 valence electrons. The van der Waals surface area contributed by atoms with Crippen LogP contribution in [0.15, 0.2) is 34.8 Å². The topological polar surface area (TPSA) is 35.2 Å². The second-order valence-electron chi connectivity index (χ2n) is 4.28. The highest BCUT2D eigenvalue weighted by Crippen LogP contribution is 2.34. The van der Waals surface area contributed by atoms with E-state index in [4.69, 9.17) is 22.1 Å². The van der Waals surface area contributed by atoms with E-state index < -0.39 is 11.6 Å². The molecule has 6 heteroatoms. The van der Waals surface area contributed by atoms with Crippen molar-refractivity contribution < 1.29 is 13.5 Å². The molecular formula is C14H11BrClF2NO. The molecule has 0 aliphatic heterocycles. The fourth-order valence-corrected chi connectivity index (χ4v) is 2.24. The van der Waals surface area contributed by atoms with Crippen LogP contribution in [-0.4, -0.2) is 0 Å². The Bertz CT molecular complexity index is 649. The van der Waals surface area contributed by atoms with Gasteiger partial charge in [0.15, 0.2) is 11.6 Å². The van der Waals surface area contributed by atoms with Crippen molar-refractivity contribution in [2.45, 2.75) is 13.0 Å². The molecule has 20 heavy (non-hydrogen) atoms. The van der Waals surface area contributed by atoms with Gasteiger partial charge in [-0.1, -0.05) is 33.6 Å². The normalized spacial score (nSPS) is 12.3. The van der Waals surface area contributed by atoms with E-state index in [1.54, 1.807) is 18.2 Å². The summed E-state index contributed by atoms with van der Waals surface area (Å²) in [7, 11) is 0. The third-order valence-electron chi connectivity index (χ3n) is 2.66. The molecule has 0 aliphatic rings. The van der Waals surface area contributed by atoms with Gasteiger partial charge in [-0.3, -0.25) is 0 Å². The molecule has 0 heterocycles. The molecule has 2 aromatic carbocycles. The molecule has 0 spiro atoms. The average Bonchev–Trinajstić information content (AvgIpc) is 2.37. The van der Waals surface area contributed by atoms with Crippen molar-refractivity contribution in [2.24, 2.45) is 5.73 Å². The molecule has 0 radical (unpaired) electrons. The lowest BCUT2D eigenvalue weighted by Crippen LogP contribution is -2.04. The van der Waals surface area contributed by atoms with E-state index >= 15 is 0 Å². The van der Waals surface area contributed by atoms with E-state index in [1.807, 2.05) is 6.92 Å². The maximum Gasteiger partial charge on any atom is 0.201 e. The van der Waals surface area contributed by atoms with Crippen molar-refractivity contribution in [1.29, 1.82) is 0 Å². The zero-order valence-electron chi connectivity index (χ0n) is 10.5. The Morgan fingerprint density at radius 2 is 1.90 bits per heavy atom. The van der Waals surface area contributed by atoms with Crippen molar-refractivity contribution in [3.63, 3.8) is 0 Å². The van der Waals surface area contributed by atoms with Crippen molar-refractivity contribution in [2.75, 3.05) is 0 Å². The molecule has 0 saturated carbocycles. The molecule has 1 unspecified atom stereocenters. The van der Waals surface area contributed by atoms with E-state index in [2.05, 4.69) is 15.9 Å². The van der Waals surface area contributed by atoms with Crippen LogP contribution in [0.2, 0.25) is 5.02 Å². The predicted molar refractivity (Wildman–Crippen MR) is 78.2 cm³/mol. The standard InChI is InChI=1S/C14H11BrClF2NO/c1-7(19)8-2-3-12(10(16)4-8)20-13-6-9(15)5-11(17)14(13)18/h2-7H,19H2,1H3. The van der Waals surface area contributed by atoms with E-state index in [1.165, 1.54) is 6.07 Å². The maximum absolute atomic E-state index is 13.6. The van der Waals surface area contributed by atoms with Crippen LogP contribution in [0.4, 0.5) is 8.78 Å². The highest BCUT2D eigenvalue weighted by atomic mass is 79.9. The van der Waals surface area contributed by atoms with E-state index in [0.717, 1.165) is 11.6 Å². The molecular weight excluding hydrogens is 352 g/mol. The molecule has 1 atom stereocenters. The van der Waals surface area contributed by atoms with Crippen molar-refractivity contribution >= 4 is 27.5 Å². The molecule has 2 rings (SSSR count). The lowest BCUT2D eigenvalue weighted by molar-refractivity contribution is 0.415. The number of rotatable bonds is 3. The van der Waals surface area contributed by atoms with Crippen LogP contribution < -0.4 is 10.5 Å². The minimum atomic E-state index is -1.07. The van der Waals surface area contributed by atoms with Gasteiger partial charge in [0, 0.05) is 10.5 Å². The summed E-state index contributed by atoms with van der Waals surface area (Å²) in [6, 6.07) is 7.09. The zero-order valence-corrected chi connectivity index (χ0v) is 12.8. The summed E-state index contributed by atoms with van der Waals surface area (Å²) in [4.78, 5) is 0. The Kier molecular flexibility index (Phi) is 4.62. The Morgan fingerprint density at radius 3 is 2.50 bits per heavy atom. The minimum absolute atomic E-state index is 0.179. The van der Waals surface area contributed by atoms with Gasteiger partial charge in [0.05, 0.1) is 5.02 Å². The van der Waals surface area contributed by atoms with Gasteiger partial charge in [-0.05, 0) is 36.8 Å². The summed E-state index contributed by atoms with van der Waals surface area (Å²) in [5.41, 5.74) is 6.56. The molecule has 0 bridgehead atoms. The second-order valence-corrected chi connectivity index (χ2v) is 5.60. The first-order valence-corrected chi connectivity index (χ1v) is 6.93. The van der Waals surface area contributed by atoms with Crippen LogP contribution in [0, 0.1) is 11.6 Å². The Labute approximate surface area is 128 Å². The fourth-order valence-electron chi connectivity index (χ4n) is 1.61. The SMILES string of the molecule is CC(N)c1ccc(Oc2cc(Br)cc(F)c2F)c(Cl)c1. The minimum Gasteiger partial charge on any atom is -0.453 e. The first kappa shape index (κ1) is 15.2. The van der Waals surface area contributed by atoms with Crippen molar-refractivity contribution in [1.82, 2.24) is 0 Å². The number of hydrogen-bond donors (Lipinski definition) is 1. The van der Waals surface area contributed by atoms with Gasteiger partial charge in [0.25, 0.3) is 0 Å². The zero-order chi connectivity index (χ0) is 14.9. The summed E-state index contributed by atoms with van der Waals surface area (Å²) in [5.74, 6) is -2.09. The second kappa shape index (κ2) is 6.08. The quantitative estimate of drug-likeness (QED) is 0.762. The lowest BCUT2D eigenvalue weighted by Gasteiger charge is -2.12. The summed E-state index contributed by atoms with van der Waals surface area (Å²) in [6.07, 6.45) is 0. The summed E-state index contributed by atoms with van der Waals surface area (Å²) in [6.45, 7) is 1.82. The molecule has 2 nitrogen and oxygen atoms in total. The molecule has 0 aliphatic carbocycles. The molecule has 0 fully saturated rings. The van der Waals surface area contributed by atoms with Gasteiger partial charge in [0.2, 0.25) is 5.82 Å². The summed E-state index contributed by atoms with van der Waals surface area (Å²) in [5, 5.41) is 0.277. The summed E-state index contributed by atoms with van der Waals surface area (Å²) < 4.78 is 32.6. The number of hydrogen-bond acceptors (Lipinski definition) is 2. The maximum atomic E-state index is 13.6.